The number of rotatable bonds is 4. The molecule has 0 heterocycles. The SMILES string of the molecule is CSC1CCCC1NC(=O)NC1(C(=O)O)CCCC1. The van der Waals surface area contributed by atoms with Crippen molar-refractivity contribution in [3.63, 3.8) is 0 Å². The van der Waals surface area contributed by atoms with Gasteiger partial charge in [0.25, 0.3) is 0 Å². The third kappa shape index (κ3) is 3.16. The van der Waals surface area contributed by atoms with Gasteiger partial charge in [-0.2, -0.15) is 11.8 Å². The predicted molar refractivity (Wildman–Crippen MR) is 75.4 cm³/mol. The number of carboxylic acid groups (broad SMARTS) is 1. The molecule has 0 aliphatic heterocycles. The molecule has 2 unspecified atom stereocenters. The van der Waals surface area contributed by atoms with E-state index in [1.807, 2.05) is 0 Å². The number of carbonyl (C=O) groups excluding carboxylic acids is 1. The molecule has 0 radical (unpaired) electrons. The highest BCUT2D eigenvalue weighted by molar-refractivity contribution is 7.99. The molecule has 2 saturated carbocycles. The van der Waals surface area contributed by atoms with Gasteiger partial charge in [-0.1, -0.05) is 19.3 Å². The lowest BCUT2D eigenvalue weighted by molar-refractivity contribution is -0.144. The molecule has 2 aliphatic carbocycles. The minimum absolute atomic E-state index is 0.169. The van der Waals surface area contributed by atoms with Gasteiger partial charge in [-0.3, -0.25) is 0 Å². The van der Waals surface area contributed by atoms with Crippen molar-refractivity contribution in [1.29, 1.82) is 0 Å². The molecule has 108 valence electrons. The van der Waals surface area contributed by atoms with Gasteiger partial charge >= 0.3 is 12.0 Å². The van der Waals surface area contributed by atoms with Gasteiger partial charge in [0.2, 0.25) is 0 Å². The maximum Gasteiger partial charge on any atom is 0.329 e. The Morgan fingerprint density at radius 2 is 1.89 bits per heavy atom. The molecule has 3 N–H and O–H groups in total. The summed E-state index contributed by atoms with van der Waals surface area (Å²) in [7, 11) is 0. The summed E-state index contributed by atoms with van der Waals surface area (Å²) in [6.45, 7) is 0. The molecule has 2 atom stereocenters. The first-order valence-corrected chi connectivity index (χ1v) is 8.21. The Morgan fingerprint density at radius 1 is 1.21 bits per heavy atom. The van der Waals surface area contributed by atoms with Crippen LogP contribution in [0.15, 0.2) is 0 Å². The van der Waals surface area contributed by atoms with Crippen LogP contribution < -0.4 is 10.6 Å². The number of urea groups is 1. The Hall–Kier alpha value is -0.910. The summed E-state index contributed by atoms with van der Waals surface area (Å²) in [4.78, 5) is 23.4. The van der Waals surface area contributed by atoms with E-state index in [0.29, 0.717) is 18.1 Å². The zero-order chi connectivity index (χ0) is 13.9. The standard InChI is InChI=1S/C13H22N2O3S/c1-19-10-6-4-5-9(10)14-12(18)15-13(11(16)17)7-2-3-8-13/h9-10H,2-8H2,1H3,(H,16,17)(H2,14,15,18). The first kappa shape index (κ1) is 14.5. The smallest absolute Gasteiger partial charge is 0.329 e. The van der Waals surface area contributed by atoms with Crippen LogP contribution in [0, 0.1) is 0 Å². The Labute approximate surface area is 117 Å². The number of nitrogens with one attached hydrogen (secondary N) is 2. The summed E-state index contributed by atoms with van der Waals surface area (Å²) in [6, 6.07) is -0.155. The van der Waals surface area contributed by atoms with E-state index in [-0.39, 0.29) is 12.1 Å². The number of amides is 2. The van der Waals surface area contributed by atoms with Crippen LogP contribution in [-0.4, -0.2) is 40.2 Å². The summed E-state index contributed by atoms with van der Waals surface area (Å²) < 4.78 is 0. The molecule has 5 nitrogen and oxygen atoms in total. The summed E-state index contributed by atoms with van der Waals surface area (Å²) in [5, 5.41) is 15.4. The molecule has 0 aromatic carbocycles. The Bertz CT molecular complexity index is 356. The van der Waals surface area contributed by atoms with Crippen LogP contribution in [0.1, 0.15) is 44.9 Å². The summed E-state index contributed by atoms with van der Waals surface area (Å²) in [5.74, 6) is -0.909. The van der Waals surface area contributed by atoms with Gasteiger partial charge in [0, 0.05) is 11.3 Å². The molecular formula is C13H22N2O3S. The molecule has 0 aromatic heterocycles. The van der Waals surface area contributed by atoms with Crippen LogP contribution in [0.25, 0.3) is 0 Å². The van der Waals surface area contributed by atoms with E-state index in [9.17, 15) is 14.7 Å². The number of carbonyl (C=O) groups is 2. The van der Waals surface area contributed by atoms with Crippen LogP contribution in [0.4, 0.5) is 4.79 Å². The van der Waals surface area contributed by atoms with Crippen molar-refractivity contribution in [2.45, 2.75) is 61.8 Å². The normalized spacial score (nSPS) is 29.1. The number of thioether (sulfide) groups is 1. The molecule has 19 heavy (non-hydrogen) atoms. The van der Waals surface area contributed by atoms with Crippen LogP contribution in [-0.2, 0) is 4.79 Å². The van der Waals surface area contributed by atoms with E-state index in [1.165, 1.54) is 0 Å². The molecule has 2 aliphatic rings. The minimum atomic E-state index is -1.04. The monoisotopic (exact) mass is 286 g/mol. The van der Waals surface area contributed by atoms with E-state index < -0.39 is 11.5 Å². The fraction of sp³-hybridized carbons (Fsp3) is 0.846. The van der Waals surface area contributed by atoms with Gasteiger partial charge < -0.3 is 15.7 Å². The van der Waals surface area contributed by atoms with Crippen molar-refractivity contribution >= 4 is 23.8 Å². The van der Waals surface area contributed by atoms with E-state index in [2.05, 4.69) is 16.9 Å². The molecule has 0 aromatic rings. The molecule has 0 spiro atoms. The maximum absolute atomic E-state index is 12.0. The van der Waals surface area contributed by atoms with Crippen LogP contribution in [0.5, 0.6) is 0 Å². The Morgan fingerprint density at radius 3 is 2.47 bits per heavy atom. The fourth-order valence-corrected chi connectivity index (χ4v) is 4.10. The van der Waals surface area contributed by atoms with Gasteiger partial charge in [-0.25, -0.2) is 9.59 Å². The van der Waals surface area contributed by atoms with E-state index >= 15 is 0 Å². The van der Waals surface area contributed by atoms with Crippen molar-refractivity contribution < 1.29 is 14.7 Å². The first-order valence-electron chi connectivity index (χ1n) is 6.92. The Balaban J connectivity index is 1.91. The molecule has 0 bridgehead atoms. The second-order valence-corrected chi connectivity index (χ2v) is 6.58. The van der Waals surface area contributed by atoms with Crippen molar-refractivity contribution in [2.75, 3.05) is 6.26 Å². The first-order chi connectivity index (χ1) is 9.07. The van der Waals surface area contributed by atoms with Gasteiger partial charge in [0.05, 0.1) is 0 Å². The molecule has 2 rings (SSSR count). The second-order valence-electron chi connectivity index (χ2n) is 5.50. The van der Waals surface area contributed by atoms with Gasteiger partial charge in [-0.05, 0) is 31.9 Å². The molecule has 2 amide bonds. The largest absolute Gasteiger partial charge is 0.480 e. The minimum Gasteiger partial charge on any atom is -0.480 e. The lowest BCUT2D eigenvalue weighted by atomic mass is 9.98. The van der Waals surface area contributed by atoms with Crippen LogP contribution in [0.3, 0.4) is 0 Å². The third-order valence-corrected chi connectivity index (χ3v) is 5.46. The second kappa shape index (κ2) is 6.03. The molecular weight excluding hydrogens is 264 g/mol. The van der Waals surface area contributed by atoms with Gasteiger partial charge in [0.1, 0.15) is 5.54 Å². The highest BCUT2D eigenvalue weighted by Gasteiger charge is 2.43. The quantitative estimate of drug-likeness (QED) is 0.738. The van der Waals surface area contributed by atoms with Crippen LogP contribution >= 0.6 is 11.8 Å². The number of aliphatic carboxylic acids is 1. The van der Waals surface area contributed by atoms with Crippen LogP contribution in [0.2, 0.25) is 0 Å². The fourth-order valence-electron chi connectivity index (χ4n) is 3.17. The predicted octanol–water partition coefficient (Wildman–Crippen LogP) is 1.97. The summed E-state index contributed by atoms with van der Waals surface area (Å²) in [6.07, 6.45) is 8.08. The number of hydrogen-bond donors (Lipinski definition) is 3. The zero-order valence-electron chi connectivity index (χ0n) is 11.3. The lowest BCUT2D eigenvalue weighted by Crippen LogP contribution is -2.57. The molecule has 6 heteroatoms. The van der Waals surface area contributed by atoms with Crippen molar-refractivity contribution in [3.8, 4) is 0 Å². The highest BCUT2D eigenvalue weighted by Crippen LogP contribution is 2.31. The molecule has 0 saturated heterocycles. The van der Waals surface area contributed by atoms with E-state index in [4.69, 9.17) is 0 Å². The van der Waals surface area contributed by atoms with E-state index in [0.717, 1.165) is 32.1 Å². The highest BCUT2D eigenvalue weighted by atomic mass is 32.2. The number of carboxylic acids is 1. The topological polar surface area (TPSA) is 78.4 Å². The average molecular weight is 286 g/mol. The average Bonchev–Trinajstić information content (AvgIpc) is 2.98. The maximum atomic E-state index is 12.0. The summed E-state index contributed by atoms with van der Waals surface area (Å²) >= 11 is 1.77. The van der Waals surface area contributed by atoms with E-state index in [1.54, 1.807) is 11.8 Å². The van der Waals surface area contributed by atoms with Crippen molar-refractivity contribution in [3.05, 3.63) is 0 Å². The lowest BCUT2D eigenvalue weighted by Gasteiger charge is -2.27. The van der Waals surface area contributed by atoms with Crippen molar-refractivity contribution in [1.82, 2.24) is 10.6 Å². The zero-order valence-corrected chi connectivity index (χ0v) is 12.1. The van der Waals surface area contributed by atoms with Gasteiger partial charge in [-0.15, -0.1) is 0 Å². The molecule has 2 fully saturated rings. The number of hydrogen-bond acceptors (Lipinski definition) is 3. The van der Waals surface area contributed by atoms with Crippen molar-refractivity contribution in [2.24, 2.45) is 0 Å². The van der Waals surface area contributed by atoms with Gasteiger partial charge in [0.15, 0.2) is 0 Å². The summed E-state index contributed by atoms with van der Waals surface area (Å²) in [5.41, 5.74) is -1.04. The Kier molecular flexibility index (Phi) is 4.60. The third-order valence-electron chi connectivity index (χ3n) is 4.29.